The van der Waals surface area contributed by atoms with Crippen LogP contribution in [0.2, 0.25) is 0 Å². The minimum Gasteiger partial charge on any atom is -0.354 e. The molecule has 1 aromatic carbocycles. The van der Waals surface area contributed by atoms with Crippen LogP contribution in [-0.2, 0) is 16.2 Å². The van der Waals surface area contributed by atoms with Crippen LogP contribution < -0.4 is 15.4 Å². The molecule has 2 amide bonds. The van der Waals surface area contributed by atoms with Crippen LogP contribution in [0.25, 0.3) is 0 Å². The third-order valence-corrected chi connectivity index (χ3v) is 8.55. The van der Waals surface area contributed by atoms with Crippen molar-refractivity contribution in [1.82, 2.24) is 15.0 Å². The summed E-state index contributed by atoms with van der Waals surface area (Å²) in [6, 6.07) is 4.94. The Kier molecular flexibility index (Phi) is 5.50. The molecule has 6 rings (SSSR count). The molecule has 4 aliphatic carbocycles. The zero-order chi connectivity index (χ0) is 24.1. The predicted molar refractivity (Wildman–Crippen MR) is 119 cm³/mol. The maximum Gasteiger partial charge on any atom is 0.416 e. The number of urea groups is 1. The molecule has 1 aromatic heterocycles. The summed E-state index contributed by atoms with van der Waals surface area (Å²) < 4.78 is 67.3. The Bertz CT molecular complexity index is 1180. The summed E-state index contributed by atoms with van der Waals surface area (Å²) in [6.45, 7) is 0. The van der Waals surface area contributed by atoms with Gasteiger partial charge in [-0.25, -0.2) is 17.9 Å². The van der Waals surface area contributed by atoms with E-state index in [1.165, 1.54) is 43.7 Å². The Labute approximate surface area is 195 Å². The number of amides is 2. The first-order valence-corrected chi connectivity index (χ1v) is 12.7. The molecule has 0 saturated heterocycles. The van der Waals surface area contributed by atoms with Gasteiger partial charge in [-0.05, 0) is 80.5 Å². The normalized spacial score (nSPS) is 27.9. The van der Waals surface area contributed by atoms with Gasteiger partial charge in [-0.15, -0.1) is 0 Å². The van der Waals surface area contributed by atoms with Crippen LogP contribution in [0, 0.1) is 17.8 Å². The van der Waals surface area contributed by atoms with Gasteiger partial charge < -0.3 is 10.6 Å². The first kappa shape index (κ1) is 22.9. The largest absolute Gasteiger partial charge is 0.416 e. The number of hydrogen-bond acceptors (Lipinski definition) is 5. The van der Waals surface area contributed by atoms with E-state index < -0.39 is 27.8 Å². The molecule has 7 nitrogen and oxygen atoms in total. The monoisotopic (exact) mass is 494 g/mol. The van der Waals surface area contributed by atoms with Gasteiger partial charge in [0, 0.05) is 23.6 Å². The highest BCUT2D eigenvalue weighted by Gasteiger charge is 2.51. The minimum atomic E-state index is -4.54. The van der Waals surface area contributed by atoms with Gasteiger partial charge in [-0.3, -0.25) is 4.98 Å². The molecule has 34 heavy (non-hydrogen) atoms. The van der Waals surface area contributed by atoms with Crippen molar-refractivity contribution in [3.63, 3.8) is 0 Å². The number of pyridine rings is 1. The maximum absolute atomic E-state index is 13.0. The lowest BCUT2D eigenvalue weighted by atomic mass is 9.53. The molecule has 4 fully saturated rings. The SMILES string of the molecule is O=C(NC12CC3CC(CC(C3)C1)C2)NS(=O)(=O)c1cnccc1Nc1cccc(C(F)(F)F)c1. The fourth-order valence-corrected chi connectivity index (χ4v) is 7.35. The molecule has 4 saturated carbocycles. The van der Waals surface area contributed by atoms with Crippen LogP contribution in [0.5, 0.6) is 0 Å². The molecule has 1 heterocycles. The van der Waals surface area contributed by atoms with Gasteiger partial charge in [0.2, 0.25) is 0 Å². The predicted octanol–water partition coefficient (Wildman–Crippen LogP) is 4.80. The zero-order valence-electron chi connectivity index (χ0n) is 18.2. The van der Waals surface area contributed by atoms with E-state index in [4.69, 9.17) is 0 Å². The lowest BCUT2D eigenvalue weighted by Gasteiger charge is -2.56. The minimum absolute atomic E-state index is 0.00410. The van der Waals surface area contributed by atoms with Crippen LogP contribution in [-0.4, -0.2) is 25.0 Å². The van der Waals surface area contributed by atoms with E-state index in [0.717, 1.165) is 37.6 Å². The topological polar surface area (TPSA) is 100 Å². The summed E-state index contributed by atoms with van der Waals surface area (Å²) in [5.74, 6) is 1.72. The van der Waals surface area contributed by atoms with Crippen molar-refractivity contribution in [3.8, 4) is 0 Å². The molecule has 0 aliphatic heterocycles. The summed E-state index contributed by atoms with van der Waals surface area (Å²) in [4.78, 5) is 16.3. The number of nitrogens with one attached hydrogen (secondary N) is 3. The number of sulfonamides is 1. The van der Waals surface area contributed by atoms with Crippen LogP contribution in [0.3, 0.4) is 0 Å². The summed E-state index contributed by atoms with van der Waals surface area (Å²) >= 11 is 0. The Morgan fingerprint density at radius 2 is 1.68 bits per heavy atom. The van der Waals surface area contributed by atoms with Crippen molar-refractivity contribution >= 4 is 27.4 Å². The van der Waals surface area contributed by atoms with Crippen molar-refractivity contribution in [2.45, 2.75) is 55.1 Å². The van der Waals surface area contributed by atoms with Gasteiger partial charge in [0.25, 0.3) is 10.0 Å². The highest BCUT2D eigenvalue weighted by Crippen LogP contribution is 2.55. The Balaban J connectivity index is 1.33. The van der Waals surface area contributed by atoms with Crippen molar-refractivity contribution in [2.75, 3.05) is 5.32 Å². The highest BCUT2D eigenvalue weighted by atomic mass is 32.2. The maximum atomic E-state index is 13.0. The van der Waals surface area contributed by atoms with E-state index in [1.54, 1.807) is 0 Å². The first-order chi connectivity index (χ1) is 16.0. The van der Waals surface area contributed by atoms with Crippen molar-refractivity contribution in [3.05, 3.63) is 48.3 Å². The van der Waals surface area contributed by atoms with Crippen molar-refractivity contribution in [2.24, 2.45) is 17.8 Å². The Morgan fingerprint density at radius 3 is 2.29 bits per heavy atom. The lowest BCUT2D eigenvalue weighted by Crippen LogP contribution is -2.61. The molecule has 4 bridgehead atoms. The third kappa shape index (κ3) is 4.57. The molecule has 0 radical (unpaired) electrons. The van der Waals surface area contributed by atoms with Crippen molar-refractivity contribution < 1.29 is 26.4 Å². The first-order valence-electron chi connectivity index (χ1n) is 11.2. The smallest absolute Gasteiger partial charge is 0.354 e. The molecule has 0 atom stereocenters. The number of halogens is 3. The summed E-state index contributed by atoms with van der Waals surface area (Å²) in [6.07, 6.45) is 3.96. The number of carbonyl (C=O) groups is 1. The van der Waals surface area contributed by atoms with Crippen LogP contribution in [0.15, 0.2) is 47.6 Å². The van der Waals surface area contributed by atoms with Gasteiger partial charge in [0.15, 0.2) is 0 Å². The summed E-state index contributed by atoms with van der Waals surface area (Å²) in [7, 11) is -4.34. The molecule has 0 spiro atoms. The van der Waals surface area contributed by atoms with E-state index in [2.05, 4.69) is 20.3 Å². The van der Waals surface area contributed by atoms with Crippen LogP contribution in [0.4, 0.5) is 29.3 Å². The van der Waals surface area contributed by atoms with Gasteiger partial charge in [-0.2, -0.15) is 13.2 Å². The van der Waals surface area contributed by atoms with Gasteiger partial charge >= 0.3 is 12.2 Å². The third-order valence-electron chi connectivity index (χ3n) is 7.19. The fraction of sp³-hybridized carbons (Fsp3) is 0.478. The number of benzene rings is 1. The summed E-state index contributed by atoms with van der Waals surface area (Å²) in [5, 5.41) is 5.65. The van der Waals surface area contributed by atoms with E-state index in [-0.39, 0.29) is 21.8 Å². The number of carbonyl (C=O) groups excluding carboxylic acids is 1. The molecule has 3 N–H and O–H groups in total. The highest BCUT2D eigenvalue weighted by molar-refractivity contribution is 7.90. The van der Waals surface area contributed by atoms with E-state index in [1.807, 2.05) is 0 Å². The molecular weight excluding hydrogens is 469 g/mol. The van der Waals surface area contributed by atoms with Crippen LogP contribution in [0.1, 0.15) is 44.1 Å². The average molecular weight is 495 g/mol. The number of alkyl halides is 3. The Hall–Kier alpha value is -2.82. The zero-order valence-corrected chi connectivity index (χ0v) is 19.0. The molecule has 182 valence electrons. The van der Waals surface area contributed by atoms with Crippen molar-refractivity contribution in [1.29, 1.82) is 0 Å². The number of anilines is 2. The van der Waals surface area contributed by atoms with Gasteiger partial charge in [0.05, 0.1) is 11.3 Å². The average Bonchev–Trinajstić information content (AvgIpc) is 2.71. The number of nitrogens with zero attached hydrogens (tertiary/aromatic N) is 1. The number of rotatable bonds is 5. The fourth-order valence-electron chi connectivity index (χ4n) is 6.33. The standard InChI is InChI=1S/C23H25F3N4O3S/c24-23(25,26)17-2-1-3-18(9-17)28-19-4-5-27-13-20(19)34(32,33)30-21(31)29-22-10-14-6-15(11-22)8-16(7-14)12-22/h1-5,9,13-16H,6-8,10-12H2,(H,27,28)(H2,29,30,31). The van der Waals surface area contributed by atoms with E-state index in [9.17, 15) is 26.4 Å². The number of aromatic nitrogens is 1. The van der Waals surface area contributed by atoms with E-state index in [0.29, 0.717) is 17.8 Å². The molecule has 0 unspecified atom stereocenters. The molecular formula is C23H25F3N4O3S. The van der Waals surface area contributed by atoms with E-state index >= 15 is 0 Å². The quantitative estimate of drug-likeness (QED) is 0.555. The lowest BCUT2D eigenvalue weighted by molar-refractivity contribution is -0.137. The molecule has 2 aromatic rings. The van der Waals surface area contributed by atoms with Crippen LogP contribution >= 0.6 is 0 Å². The van der Waals surface area contributed by atoms with Gasteiger partial charge in [-0.1, -0.05) is 6.07 Å². The second-order valence-electron chi connectivity index (χ2n) is 9.83. The molecule has 4 aliphatic rings. The summed E-state index contributed by atoms with van der Waals surface area (Å²) in [5.41, 5.74) is -1.19. The second kappa shape index (κ2) is 8.14. The number of hydrogen-bond donors (Lipinski definition) is 3. The van der Waals surface area contributed by atoms with Gasteiger partial charge in [0.1, 0.15) is 4.90 Å². The molecule has 11 heteroatoms. The Morgan fingerprint density at radius 1 is 1.03 bits per heavy atom. The second-order valence-corrected chi connectivity index (χ2v) is 11.5.